The molecular formula is C32H37N5O9. The molecule has 14 heteroatoms. The third-order valence-electron chi connectivity index (χ3n) is 7.10. The summed E-state index contributed by atoms with van der Waals surface area (Å²) in [6, 6.07) is 12.4. The summed E-state index contributed by atoms with van der Waals surface area (Å²) in [6.45, 7) is -0.567. The second-order valence-electron chi connectivity index (χ2n) is 10.8. The first-order chi connectivity index (χ1) is 21.9. The molecule has 1 heterocycles. The molecule has 1 fully saturated rings. The number of carboxylic acids is 2. The van der Waals surface area contributed by atoms with Gasteiger partial charge in [0, 0.05) is 19.9 Å². The number of benzene rings is 2. The van der Waals surface area contributed by atoms with Crippen molar-refractivity contribution < 1.29 is 43.8 Å². The SMILES string of the molecule is CN1CC(=O)N[C@@H](C(=O)O)CC(=O)N[C@@H](Cc2ccccc2)C(=O)NC(/C=C/c2ccccc2)CC(=O)N[C@@H](C(=O)O)CCC1=O. The Morgan fingerprint density at radius 3 is 2.00 bits per heavy atom. The first-order valence-electron chi connectivity index (χ1n) is 14.6. The van der Waals surface area contributed by atoms with Crippen molar-refractivity contribution in [1.82, 2.24) is 26.2 Å². The first-order valence-corrected chi connectivity index (χ1v) is 14.6. The highest BCUT2D eigenvalue weighted by Gasteiger charge is 2.30. The van der Waals surface area contributed by atoms with Gasteiger partial charge >= 0.3 is 11.9 Å². The molecule has 14 nitrogen and oxygen atoms in total. The maximum atomic E-state index is 13.6. The van der Waals surface area contributed by atoms with Crippen LogP contribution in [0.3, 0.4) is 0 Å². The van der Waals surface area contributed by atoms with Gasteiger partial charge in [0.2, 0.25) is 29.5 Å². The molecule has 0 spiro atoms. The Balaban J connectivity index is 1.96. The predicted molar refractivity (Wildman–Crippen MR) is 165 cm³/mol. The van der Waals surface area contributed by atoms with Crippen molar-refractivity contribution in [3.63, 3.8) is 0 Å². The Hall–Kier alpha value is -5.53. The quantitative estimate of drug-likeness (QED) is 0.253. The van der Waals surface area contributed by atoms with Crippen LogP contribution >= 0.6 is 0 Å². The molecule has 2 aromatic carbocycles. The molecule has 5 amide bonds. The number of carboxylic acid groups (broad SMARTS) is 2. The molecule has 0 radical (unpaired) electrons. The Morgan fingerprint density at radius 1 is 0.783 bits per heavy atom. The largest absolute Gasteiger partial charge is 0.480 e. The van der Waals surface area contributed by atoms with Gasteiger partial charge in [0.15, 0.2) is 0 Å². The lowest BCUT2D eigenvalue weighted by molar-refractivity contribution is -0.144. The summed E-state index contributed by atoms with van der Waals surface area (Å²) in [5.41, 5.74) is 1.44. The van der Waals surface area contributed by atoms with E-state index >= 15 is 0 Å². The molecule has 1 unspecified atom stereocenters. The molecule has 1 aliphatic heterocycles. The lowest BCUT2D eigenvalue weighted by Gasteiger charge is -2.23. The summed E-state index contributed by atoms with van der Waals surface area (Å²) >= 11 is 0. The van der Waals surface area contributed by atoms with Gasteiger partial charge in [-0.3, -0.25) is 24.0 Å². The molecule has 6 N–H and O–H groups in total. The van der Waals surface area contributed by atoms with E-state index in [1.54, 1.807) is 66.7 Å². The highest BCUT2D eigenvalue weighted by molar-refractivity contribution is 5.93. The van der Waals surface area contributed by atoms with Crippen molar-refractivity contribution in [2.45, 2.75) is 56.3 Å². The van der Waals surface area contributed by atoms with Crippen LogP contribution in [0.1, 0.15) is 36.8 Å². The Morgan fingerprint density at radius 2 is 1.37 bits per heavy atom. The number of likely N-dealkylation sites (N-methyl/N-ethyl adjacent to an activating group) is 1. The number of rotatable bonds is 6. The van der Waals surface area contributed by atoms with Crippen molar-refractivity contribution >= 4 is 47.6 Å². The number of hydrogen-bond acceptors (Lipinski definition) is 7. The van der Waals surface area contributed by atoms with E-state index in [0.717, 1.165) is 10.5 Å². The van der Waals surface area contributed by atoms with Gasteiger partial charge < -0.3 is 36.4 Å². The van der Waals surface area contributed by atoms with Crippen LogP contribution in [0.5, 0.6) is 0 Å². The van der Waals surface area contributed by atoms with E-state index in [2.05, 4.69) is 21.3 Å². The van der Waals surface area contributed by atoms with Crippen molar-refractivity contribution in [1.29, 1.82) is 0 Å². The number of nitrogens with zero attached hydrogens (tertiary/aromatic N) is 1. The van der Waals surface area contributed by atoms with Crippen LogP contribution in [-0.4, -0.2) is 94.3 Å². The van der Waals surface area contributed by atoms with E-state index in [1.165, 1.54) is 7.05 Å². The number of carbonyl (C=O) groups excluding carboxylic acids is 5. The molecule has 4 atom stereocenters. The molecule has 0 saturated carbocycles. The number of nitrogens with one attached hydrogen (secondary N) is 4. The smallest absolute Gasteiger partial charge is 0.326 e. The normalized spacial score (nSPS) is 22.8. The summed E-state index contributed by atoms with van der Waals surface area (Å²) in [6.07, 6.45) is 1.51. The van der Waals surface area contributed by atoms with Crippen LogP contribution in [0, 0.1) is 0 Å². The van der Waals surface area contributed by atoms with Gasteiger partial charge in [0.05, 0.1) is 25.4 Å². The Bertz CT molecular complexity index is 1450. The van der Waals surface area contributed by atoms with Crippen LogP contribution in [0.25, 0.3) is 6.08 Å². The summed E-state index contributed by atoms with van der Waals surface area (Å²) in [5.74, 6) is -6.65. The van der Waals surface area contributed by atoms with Gasteiger partial charge in [-0.1, -0.05) is 72.8 Å². The van der Waals surface area contributed by atoms with Crippen molar-refractivity contribution in [3.8, 4) is 0 Å². The van der Waals surface area contributed by atoms with E-state index in [4.69, 9.17) is 0 Å². The minimum Gasteiger partial charge on any atom is -0.480 e. The van der Waals surface area contributed by atoms with Crippen molar-refractivity contribution in [2.75, 3.05) is 13.6 Å². The van der Waals surface area contributed by atoms with Crippen LogP contribution in [0.15, 0.2) is 66.7 Å². The number of hydrogen-bond donors (Lipinski definition) is 6. The summed E-state index contributed by atoms with van der Waals surface area (Å²) in [4.78, 5) is 89.7. The molecule has 244 valence electrons. The predicted octanol–water partition coefficient (Wildman–Crippen LogP) is 0.0833. The standard InChI is InChI=1S/C32H37N5O9/c1-37-19-28(40)36-25(32(45)46)18-27(39)35-24(16-21-10-6-3-7-11-21)30(42)33-22(13-12-20-8-4-2-5-9-20)17-26(38)34-23(31(43)44)14-15-29(37)41/h2-13,22-25H,14-19H2,1H3,(H,33,42)(H,34,38)(H,35,39)(H,36,40)(H,43,44)(H,45,46)/b13-12+/t22?,23-,24+,25-/m1/s1. The zero-order chi connectivity index (χ0) is 33.6. The highest BCUT2D eigenvalue weighted by Crippen LogP contribution is 2.10. The van der Waals surface area contributed by atoms with E-state index < -0.39 is 78.6 Å². The summed E-state index contributed by atoms with van der Waals surface area (Å²) < 4.78 is 0. The fourth-order valence-corrected chi connectivity index (χ4v) is 4.65. The number of carbonyl (C=O) groups is 7. The molecule has 3 rings (SSSR count). The van der Waals surface area contributed by atoms with Gasteiger partial charge in [-0.05, 0) is 17.5 Å². The first kappa shape index (κ1) is 35.0. The van der Waals surface area contributed by atoms with E-state index in [9.17, 15) is 43.8 Å². The number of amides is 5. The second-order valence-corrected chi connectivity index (χ2v) is 10.8. The molecule has 0 bridgehead atoms. The maximum Gasteiger partial charge on any atom is 0.326 e. The molecule has 0 aliphatic carbocycles. The topological polar surface area (TPSA) is 211 Å². The van der Waals surface area contributed by atoms with Crippen molar-refractivity contribution in [3.05, 3.63) is 77.9 Å². The maximum absolute atomic E-state index is 13.6. The van der Waals surface area contributed by atoms with Crippen LogP contribution in [0.2, 0.25) is 0 Å². The van der Waals surface area contributed by atoms with Crippen molar-refractivity contribution in [2.24, 2.45) is 0 Å². The van der Waals surface area contributed by atoms with Gasteiger partial charge in [-0.2, -0.15) is 0 Å². The minimum atomic E-state index is -1.67. The van der Waals surface area contributed by atoms with Gasteiger partial charge in [-0.25, -0.2) is 9.59 Å². The Labute approximate surface area is 265 Å². The average Bonchev–Trinajstić information content (AvgIpc) is 3.01. The lowest BCUT2D eigenvalue weighted by Crippen LogP contribution is -2.53. The molecule has 0 aromatic heterocycles. The zero-order valence-corrected chi connectivity index (χ0v) is 25.2. The Kier molecular flexibility index (Phi) is 13.0. The third kappa shape index (κ3) is 11.5. The van der Waals surface area contributed by atoms with Gasteiger partial charge in [0.25, 0.3) is 0 Å². The fourth-order valence-electron chi connectivity index (χ4n) is 4.65. The molecule has 2 aromatic rings. The van der Waals surface area contributed by atoms with E-state index in [-0.39, 0.29) is 25.7 Å². The van der Waals surface area contributed by atoms with Crippen LogP contribution in [-0.2, 0) is 40.0 Å². The second kappa shape index (κ2) is 17.1. The van der Waals surface area contributed by atoms with E-state index in [0.29, 0.717) is 5.56 Å². The summed E-state index contributed by atoms with van der Waals surface area (Å²) in [5, 5.41) is 29.2. The van der Waals surface area contributed by atoms with Gasteiger partial charge in [-0.15, -0.1) is 0 Å². The lowest BCUT2D eigenvalue weighted by atomic mass is 10.0. The molecular weight excluding hydrogens is 598 g/mol. The molecule has 1 aliphatic rings. The monoisotopic (exact) mass is 635 g/mol. The summed E-state index contributed by atoms with van der Waals surface area (Å²) in [7, 11) is 1.27. The fraction of sp³-hybridized carbons (Fsp3) is 0.344. The third-order valence-corrected chi connectivity index (χ3v) is 7.10. The average molecular weight is 636 g/mol. The zero-order valence-electron chi connectivity index (χ0n) is 25.2. The van der Waals surface area contributed by atoms with Crippen LogP contribution < -0.4 is 21.3 Å². The minimum absolute atomic E-state index is 0.0117. The van der Waals surface area contributed by atoms with Crippen LogP contribution in [0.4, 0.5) is 0 Å². The molecule has 1 saturated heterocycles. The molecule has 46 heavy (non-hydrogen) atoms. The van der Waals surface area contributed by atoms with E-state index in [1.807, 2.05) is 6.07 Å². The number of aliphatic carboxylic acids is 2. The highest BCUT2D eigenvalue weighted by atomic mass is 16.4. The van der Waals surface area contributed by atoms with Gasteiger partial charge in [0.1, 0.15) is 18.1 Å².